The monoisotopic (exact) mass is 336 g/mol. The first kappa shape index (κ1) is 17.3. The van der Waals surface area contributed by atoms with Gasteiger partial charge in [-0.05, 0) is 24.1 Å². The Morgan fingerprint density at radius 2 is 2.04 bits per heavy atom. The second-order valence-electron chi connectivity index (χ2n) is 6.41. The van der Waals surface area contributed by atoms with Crippen molar-refractivity contribution in [1.29, 1.82) is 0 Å². The molecule has 0 radical (unpaired) electrons. The van der Waals surface area contributed by atoms with Crippen LogP contribution in [0.15, 0.2) is 18.2 Å². The van der Waals surface area contributed by atoms with Gasteiger partial charge in [0, 0.05) is 39.1 Å². The Bertz CT molecular complexity index is 575. The highest BCUT2D eigenvalue weighted by Crippen LogP contribution is 2.24. The molecule has 1 atom stereocenters. The van der Waals surface area contributed by atoms with E-state index >= 15 is 0 Å². The van der Waals surface area contributed by atoms with E-state index in [1.54, 1.807) is 13.0 Å². The van der Waals surface area contributed by atoms with E-state index in [0.29, 0.717) is 44.9 Å². The van der Waals surface area contributed by atoms with Gasteiger partial charge in [-0.2, -0.15) is 0 Å². The Morgan fingerprint density at radius 3 is 2.79 bits per heavy atom. The summed E-state index contributed by atoms with van der Waals surface area (Å²) in [6.45, 7) is 7.35. The van der Waals surface area contributed by atoms with Crippen LogP contribution in [0, 0.1) is 12.7 Å². The maximum atomic E-state index is 13.4. The Morgan fingerprint density at radius 1 is 1.25 bits per heavy atom. The summed E-state index contributed by atoms with van der Waals surface area (Å²) in [6, 6.07) is 5.13. The molecule has 2 aliphatic rings. The number of amides is 1. The van der Waals surface area contributed by atoms with Crippen molar-refractivity contribution >= 4 is 5.91 Å². The molecule has 1 unspecified atom stereocenters. The summed E-state index contributed by atoms with van der Waals surface area (Å²) < 4.78 is 24.5. The van der Waals surface area contributed by atoms with E-state index in [1.165, 1.54) is 6.07 Å². The highest BCUT2D eigenvalue weighted by Gasteiger charge is 2.24. The summed E-state index contributed by atoms with van der Waals surface area (Å²) in [6.07, 6.45) is 0.464. The predicted octanol–water partition coefficient (Wildman–Crippen LogP) is 1.76. The Labute approximate surface area is 142 Å². The van der Waals surface area contributed by atoms with Gasteiger partial charge in [-0.3, -0.25) is 9.69 Å². The van der Waals surface area contributed by atoms with Crippen LogP contribution in [0.4, 0.5) is 4.39 Å². The minimum Gasteiger partial charge on any atom is -0.378 e. The number of aryl methyl sites for hydroxylation is 1. The quantitative estimate of drug-likeness (QED) is 0.840. The minimum atomic E-state index is -0.192. The van der Waals surface area contributed by atoms with Crippen LogP contribution in [0.3, 0.4) is 0 Å². The van der Waals surface area contributed by atoms with Crippen molar-refractivity contribution in [3.05, 3.63) is 35.1 Å². The molecule has 1 aromatic rings. The normalized spacial score (nSPS) is 22.6. The largest absolute Gasteiger partial charge is 0.378 e. The maximum absolute atomic E-state index is 13.4. The van der Waals surface area contributed by atoms with E-state index in [0.717, 1.165) is 25.2 Å². The van der Waals surface area contributed by atoms with E-state index in [9.17, 15) is 9.18 Å². The summed E-state index contributed by atoms with van der Waals surface area (Å²) in [7, 11) is 0. The number of morpholine rings is 2. The van der Waals surface area contributed by atoms with Gasteiger partial charge < -0.3 is 14.4 Å². The molecule has 3 rings (SSSR count). The number of benzene rings is 1. The number of nitrogens with zero attached hydrogens (tertiary/aromatic N) is 2. The average Bonchev–Trinajstić information content (AvgIpc) is 2.63. The van der Waals surface area contributed by atoms with Gasteiger partial charge in [0.25, 0.3) is 0 Å². The molecule has 2 saturated heterocycles. The molecule has 0 bridgehead atoms. The van der Waals surface area contributed by atoms with Gasteiger partial charge in [0.05, 0.1) is 25.9 Å². The van der Waals surface area contributed by atoms with Gasteiger partial charge in [0.1, 0.15) is 5.82 Å². The molecule has 1 aromatic carbocycles. The number of hydrogen-bond donors (Lipinski definition) is 0. The summed E-state index contributed by atoms with van der Waals surface area (Å²) in [5, 5.41) is 0. The van der Waals surface area contributed by atoms with E-state index in [-0.39, 0.29) is 17.8 Å². The molecule has 2 heterocycles. The van der Waals surface area contributed by atoms with Gasteiger partial charge in [-0.1, -0.05) is 12.1 Å². The average molecular weight is 336 g/mol. The van der Waals surface area contributed by atoms with E-state index in [4.69, 9.17) is 9.47 Å². The van der Waals surface area contributed by atoms with Crippen LogP contribution < -0.4 is 0 Å². The second-order valence-corrected chi connectivity index (χ2v) is 6.41. The lowest BCUT2D eigenvalue weighted by Gasteiger charge is -2.34. The van der Waals surface area contributed by atoms with Crippen LogP contribution in [0.5, 0.6) is 0 Å². The number of halogens is 1. The van der Waals surface area contributed by atoms with Crippen LogP contribution in [0.1, 0.15) is 23.7 Å². The summed E-state index contributed by atoms with van der Waals surface area (Å²) >= 11 is 0. The van der Waals surface area contributed by atoms with E-state index in [2.05, 4.69) is 4.90 Å². The predicted molar refractivity (Wildman–Crippen MR) is 88.3 cm³/mol. The minimum absolute atomic E-state index is 0.0588. The van der Waals surface area contributed by atoms with Crippen molar-refractivity contribution in [3.8, 4) is 0 Å². The van der Waals surface area contributed by atoms with Crippen molar-refractivity contribution < 1.29 is 18.7 Å². The summed E-state index contributed by atoms with van der Waals surface area (Å²) in [4.78, 5) is 16.4. The third-order valence-electron chi connectivity index (χ3n) is 4.71. The molecule has 6 heteroatoms. The van der Waals surface area contributed by atoms with Crippen molar-refractivity contribution in [3.63, 3.8) is 0 Å². The molecule has 2 fully saturated rings. The van der Waals surface area contributed by atoms with Gasteiger partial charge in [0.2, 0.25) is 5.91 Å². The first-order valence-electron chi connectivity index (χ1n) is 8.59. The molecule has 0 spiro atoms. The Hall–Kier alpha value is -1.50. The smallest absolute Gasteiger partial charge is 0.224 e. The molecular weight excluding hydrogens is 311 g/mol. The third-order valence-corrected chi connectivity index (χ3v) is 4.71. The molecule has 132 valence electrons. The van der Waals surface area contributed by atoms with E-state index < -0.39 is 0 Å². The standard InChI is InChI=1S/C18H25FN2O3/c1-14-12-15(2-3-16(14)19)17-13-20(6-11-24-17)5-4-18(22)21-7-9-23-10-8-21/h2-3,12,17H,4-11,13H2,1H3. The zero-order valence-corrected chi connectivity index (χ0v) is 14.2. The molecule has 0 aliphatic carbocycles. The van der Waals surface area contributed by atoms with Crippen LogP contribution in [-0.4, -0.2) is 68.3 Å². The fraction of sp³-hybridized carbons (Fsp3) is 0.611. The first-order valence-corrected chi connectivity index (χ1v) is 8.59. The number of carbonyl (C=O) groups is 1. The number of ether oxygens (including phenoxy) is 2. The van der Waals surface area contributed by atoms with Gasteiger partial charge in [-0.15, -0.1) is 0 Å². The topological polar surface area (TPSA) is 42.0 Å². The zero-order valence-electron chi connectivity index (χ0n) is 14.2. The second kappa shape index (κ2) is 8.05. The summed E-state index contributed by atoms with van der Waals surface area (Å²) in [5.41, 5.74) is 1.63. The highest BCUT2D eigenvalue weighted by molar-refractivity contribution is 5.76. The zero-order chi connectivity index (χ0) is 16.9. The first-order chi connectivity index (χ1) is 11.6. The van der Waals surface area contributed by atoms with Crippen molar-refractivity contribution in [2.24, 2.45) is 0 Å². The molecule has 0 saturated carbocycles. The molecular formula is C18H25FN2O3. The molecule has 0 aromatic heterocycles. The van der Waals surface area contributed by atoms with Crippen LogP contribution >= 0.6 is 0 Å². The van der Waals surface area contributed by atoms with Crippen LogP contribution in [0.2, 0.25) is 0 Å². The van der Waals surface area contributed by atoms with Gasteiger partial charge in [0.15, 0.2) is 0 Å². The molecule has 5 nitrogen and oxygen atoms in total. The Kier molecular flexibility index (Phi) is 5.81. The lowest BCUT2D eigenvalue weighted by molar-refractivity contribution is -0.136. The van der Waals surface area contributed by atoms with Crippen molar-refractivity contribution in [1.82, 2.24) is 9.80 Å². The SMILES string of the molecule is Cc1cc(C2CN(CCC(=O)N3CCOCC3)CCO2)ccc1F. The Balaban J connectivity index is 1.51. The molecule has 24 heavy (non-hydrogen) atoms. The maximum Gasteiger partial charge on any atom is 0.224 e. The third kappa shape index (κ3) is 4.32. The molecule has 1 amide bonds. The number of rotatable bonds is 4. The van der Waals surface area contributed by atoms with Crippen molar-refractivity contribution in [2.75, 3.05) is 52.5 Å². The lowest BCUT2D eigenvalue weighted by atomic mass is 10.0. The van der Waals surface area contributed by atoms with E-state index in [1.807, 2.05) is 11.0 Å². The van der Waals surface area contributed by atoms with Gasteiger partial charge >= 0.3 is 0 Å². The van der Waals surface area contributed by atoms with Crippen LogP contribution in [0.25, 0.3) is 0 Å². The van der Waals surface area contributed by atoms with Gasteiger partial charge in [-0.25, -0.2) is 4.39 Å². The summed E-state index contributed by atoms with van der Waals surface area (Å²) in [5.74, 6) is 0.00138. The fourth-order valence-electron chi connectivity index (χ4n) is 3.20. The molecule has 2 aliphatic heterocycles. The number of carbonyl (C=O) groups excluding carboxylic acids is 1. The fourth-order valence-corrected chi connectivity index (χ4v) is 3.20. The number of hydrogen-bond acceptors (Lipinski definition) is 4. The van der Waals surface area contributed by atoms with Crippen molar-refractivity contribution in [2.45, 2.75) is 19.4 Å². The highest BCUT2D eigenvalue weighted by atomic mass is 19.1. The molecule has 0 N–H and O–H groups in total. The van der Waals surface area contributed by atoms with Crippen LogP contribution in [-0.2, 0) is 14.3 Å². The lowest BCUT2D eigenvalue weighted by Crippen LogP contribution is -2.44.